The Hall–Kier alpha value is -2.44. The van der Waals surface area contributed by atoms with Crippen molar-refractivity contribution < 1.29 is 9.32 Å². The molecule has 7 nitrogen and oxygen atoms in total. The van der Waals surface area contributed by atoms with Crippen LogP contribution >= 0.6 is 0 Å². The summed E-state index contributed by atoms with van der Waals surface area (Å²) in [4.78, 5) is 23.2. The molecule has 2 aromatic heterocycles. The first-order valence-corrected chi connectivity index (χ1v) is 7.97. The first-order valence-electron chi connectivity index (χ1n) is 7.97. The highest BCUT2D eigenvalue weighted by molar-refractivity contribution is 5.96. The number of amides is 1. The second-order valence-electron chi connectivity index (χ2n) is 5.72. The van der Waals surface area contributed by atoms with E-state index in [1.54, 1.807) is 25.4 Å². The molecule has 1 saturated heterocycles. The van der Waals surface area contributed by atoms with Crippen molar-refractivity contribution in [3.05, 3.63) is 35.5 Å². The predicted octanol–water partition coefficient (Wildman–Crippen LogP) is 1.73. The van der Waals surface area contributed by atoms with Gasteiger partial charge < -0.3 is 14.7 Å². The number of aryl methyl sites for hydroxylation is 2. The van der Waals surface area contributed by atoms with Crippen LogP contribution in [0.1, 0.15) is 41.6 Å². The van der Waals surface area contributed by atoms with Gasteiger partial charge in [-0.25, -0.2) is 9.97 Å². The van der Waals surface area contributed by atoms with Gasteiger partial charge in [-0.15, -0.1) is 0 Å². The maximum Gasteiger partial charge on any atom is 0.257 e. The number of nitrogens with zero attached hydrogens (tertiary/aromatic N) is 4. The molecule has 3 rings (SSSR count). The van der Waals surface area contributed by atoms with Crippen molar-refractivity contribution in [1.29, 1.82) is 0 Å². The number of nitrogens with one attached hydrogen (secondary N) is 1. The van der Waals surface area contributed by atoms with Crippen LogP contribution < -0.4 is 10.2 Å². The van der Waals surface area contributed by atoms with Gasteiger partial charge in [0.1, 0.15) is 11.3 Å². The summed E-state index contributed by atoms with van der Waals surface area (Å²) in [5.41, 5.74) is 1.28. The minimum atomic E-state index is -0.110. The molecule has 1 N–H and O–H groups in total. The Kier molecular flexibility index (Phi) is 4.55. The third kappa shape index (κ3) is 3.33. The molecule has 0 bridgehead atoms. The van der Waals surface area contributed by atoms with Crippen LogP contribution in [-0.2, 0) is 6.42 Å². The second-order valence-corrected chi connectivity index (χ2v) is 5.72. The van der Waals surface area contributed by atoms with Gasteiger partial charge in [0.25, 0.3) is 5.91 Å². The van der Waals surface area contributed by atoms with Gasteiger partial charge in [0.2, 0.25) is 5.95 Å². The van der Waals surface area contributed by atoms with E-state index in [4.69, 9.17) is 4.52 Å². The van der Waals surface area contributed by atoms with Gasteiger partial charge in [0, 0.05) is 31.5 Å². The molecule has 3 heterocycles. The number of carbonyl (C=O) groups is 1. The maximum atomic E-state index is 12.6. The summed E-state index contributed by atoms with van der Waals surface area (Å²) in [5.74, 6) is 1.17. The standard InChI is InChI=1S/C16H21N5O2/c1-3-13-14(11(2)23-20-13)15(22)19-12-6-4-9-21(10-12)16-17-7-5-8-18-16/h5,7-8,12H,3-4,6,9-10H2,1-2H3,(H,19,22)/t12-/m0/s1. The van der Waals surface area contributed by atoms with Gasteiger partial charge in [-0.3, -0.25) is 4.79 Å². The maximum absolute atomic E-state index is 12.6. The van der Waals surface area contributed by atoms with E-state index in [1.165, 1.54) is 0 Å². The molecule has 122 valence electrons. The molecule has 1 aliphatic rings. The van der Waals surface area contributed by atoms with Crippen molar-refractivity contribution in [2.75, 3.05) is 18.0 Å². The predicted molar refractivity (Wildman–Crippen MR) is 85.4 cm³/mol. The number of hydrogen-bond donors (Lipinski definition) is 1. The minimum Gasteiger partial charge on any atom is -0.361 e. The molecule has 1 aliphatic heterocycles. The second kappa shape index (κ2) is 6.76. The Morgan fingerprint density at radius 3 is 2.96 bits per heavy atom. The molecule has 23 heavy (non-hydrogen) atoms. The highest BCUT2D eigenvalue weighted by atomic mass is 16.5. The molecular weight excluding hydrogens is 294 g/mol. The zero-order valence-electron chi connectivity index (χ0n) is 13.5. The molecule has 0 aromatic carbocycles. The van der Waals surface area contributed by atoms with E-state index >= 15 is 0 Å². The van der Waals surface area contributed by atoms with Crippen LogP contribution in [0.4, 0.5) is 5.95 Å². The van der Waals surface area contributed by atoms with Gasteiger partial charge in [-0.05, 0) is 32.3 Å². The summed E-state index contributed by atoms with van der Waals surface area (Å²) in [6.07, 6.45) is 6.08. The summed E-state index contributed by atoms with van der Waals surface area (Å²) < 4.78 is 5.15. The first kappa shape index (κ1) is 15.5. The first-order chi connectivity index (χ1) is 11.2. The van der Waals surface area contributed by atoms with Crippen molar-refractivity contribution in [2.24, 2.45) is 0 Å². The topological polar surface area (TPSA) is 84.2 Å². The number of rotatable bonds is 4. The molecule has 2 aromatic rings. The summed E-state index contributed by atoms with van der Waals surface area (Å²) in [5, 5.41) is 7.05. The fraction of sp³-hybridized carbons (Fsp3) is 0.500. The van der Waals surface area contributed by atoms with Crippen LogP contribution in [-0.4, -0.2) is 40.2 Å². The summed E-state index contributed by atoms with van der Waals surface area (Å²) in [7, 11) is 0. The Morgan fingerprint density at radius 1 is 1.43 bits per heavy atom. The van der Waals surface area contributed by atoms with E-state index in [0.29, 0.717) is 35.9 Å². The molecule has 0 saturated carbocycles. The van der Waals surface area contributed by atoms with Crippen LogP contribution in [0.3, 0.4) is 0 Å². The summed E-state index contributed by atoms with van der Waals surface area (Å²) >= 11 is 0. The average Bonchev–Trinajstić information content (AvgIpc) is 2.97. The molecule has 0 aliphatic carbocycles. The lowest BCUT2D eigenvalue weighted by atomic mass is 10.0. The van der Waals surface area contributed by atoms with Gasteiger partial charge >= 0.3 is 0 Å². The molecule has 1 atom stereocenters. The van der Waals surface area contributed by atoms with E-state index in [-0.39, 0.29) is 11.9 Å². The number of aromatic nitrogens is 3. The van der Waals surface area contributed by atoms with Crippen LogP contribution in [0.15, 0.2) is 23.0 Å². The van der Waals surface area contributed by atoms with Crippen molar-refractivity contribution >= 4 is 11.9 Å². The third-order valence-corrected chi connectivity index (χ3v) is 4.09. The van der Waals surface area contributed by atoms with Crippen molar-refractivity contribution in [3.8, 4) is 0 Å². The number of hydrogen-bond acceptors (Lipinski definition) is 6. The zero-order valence-corrected chi connectivity index (χ0v) is 13.5. The highest BCUT2D eigenvalue weighted by Crippen LogP contribution is 2.18. The molecule has 1 fully saturated rings. The fourth-order valence-corrected chi connectivity index (χ4v) is 2.94. The van der Waals surface area contributed by atoms with Crippen molar-refractivity contribution in [2.45, 2.75) is 39.2 Å². The fourth-order valence-electron chi connectivity index (χ4n) is 2.94. The lowest BCUT2D eigenvalue weighted by Crippen LogP contribution is -2.48. The Bertz CT molecular complexity index is 670. The molecule has 0 spiro atoms. The minimum absolute atomic E-state index is 0.0686. The van der Waals surface area contributed by atoms with Crippen LogP contribution in [0.5, 0.6) is 0 Å². The van der Waals surface area contributed by atoms with Crippen LogP contribution in [0, 0.1) is 6.92 Å². The van der Waals surface area contributed by atoms with Crippen LogP contribution in [0.25, 0.3) is 0 Å². The Labute approximate surface area is 135 Å². The van der Waals surface area contributed by atoms with E-state index < -0.39 is 0 Å². The lowest BCUT2D eigenvalue weighted by Gasteiger charge is -2.33. The van der Waals surface area contributed by atoms with Crippen LogP contribution in [0.2, 0.25) is 0 Å². The molecule has 7 heteroatoms. The third-order valence-electron chi connectivity index (χ3n) is 4.09. The van der Waals surface area contributed by atoms with Gasteiger partial charge in [0.05, 0.1) is 5.69 Å². The summed E-state index contributed by atoms with van der Waals surface area (Å²) in [6, 6.07) is 1.87. The lowest BCUT2D eigenvalue weighted by molar-refractivity contribution is 0.0930. The quantitative estimate of drug-likeness (QED) is 0.925. The van der Waals surface area contributed by atoms with E-state index in [2.05, 4.69) is 25.3 Å². The number of anilines is 1. The number of carbonyl (C=O) groups excluding carboxylic acids is 1. The highest BCUT2D eigenvalue weighted by Gasteiger charge is 2.26. The monoisotopic (exact) mass is 315 g/mol. The molecular formula is C16H21N5O2. The largest absolute Gasteiger partial charge is 0.361 e. The Balaban J connectivity index is 1.68. The zero-order chi connectivity index (χ0) is 16.2. The number of piperidine rings is 1. The van der Waals surface area contributed by atoms with Crippen molar-refractivity contribution in [1.82, 2.24) is 20.4 Å². The van der Waals surface area contributed by atoms with Gasteiger partial charge in [0.15, 0.2) is 0 Å². The van der Waals surface area contributed by atoms with E-state index in [1.807, 2.05) is 6.92 Å². The van der Waals surface area contributed by atoms with Crippen molar-refractivity contribution in [3.63, 3.8) is 0 Å². The van der Waals surface area contributed by atoms with Gasteiger partial charge in [-0.1, -0.05) is 12.1 Å². The average molecular weight is 315 g/mol. The molecule has 0 radical (unpaired) electrons. The Morgan fingerprint density at radius 2 is 2.22 bits per heavy atom. The summed E-state index contributed by atoms with van der Waals surface area (Å²) in [6.45, 7) is 5.35. The van der Waals surface area contributed by atoms with Gasteiger partial charge in [-0.2, -0.15) is 0 Å². The smallest absolute Gasteiger partial charge is 0.257 e. The molecule has 0 unspecified atom stereocenters. The molecule has 1 amide bonds. The SMILES string of the molecule is CCc1noc(C)c1C(=O)N[C@H]1CCCN(c2ncccn2)C1. The van der Waals surface area contributed by atoms with E-state index in [9.17, 15) is 4.79 Å². The van der Waals surface area contributed by atoms with E-state index in [0.717, 1.165) is 19.4 Å². The normalized spacial score (nSPS) is 18.0.